The monoisotopic (exact) mass is 308 g/mol. The summed E-state index contributed by atoms with van der Waals surface area (Å²) in [4.78, 5) is 0. The van der Waals surface area contributed by atoms with Crippen LogP contribution < -0.4 is 0 Å². The number of rotatable bonds is 7. The van der Waals surface area contributed by atoms with Crippen LogP contribution in [0.15, 0.2) is 42.6 Å². The molecule has 0 fully saturated rings. The Morgan fingerprint density at radius 3 is 2.62 bits per heavy atom. The van der Waals surface area contributed by atoms with Gasteiger partial charge in [0.15, 0.2) is 0 Å². The quantitative estimate of drug-likeness (QED) is 0.850. The van der Waals surface area contributed by atoms with Gasteiger partial charge in [-0.2, -0.15) is 5.10 Å². The summed E-state index contributed by atoms with van der Waals surface area (Å²) in [5.74, 6) is 0.256. The normalized spacial score (nSPS) is 13.2. The van der Waals surface area contributed by atoms with Gasteiger partial charge in [0.1, 0.15) is 9.84 Å². The summed E-state index contributed by atoms with van der Waals surface area (Å²) in [6, 6.07) is 11.4. The largest absolute Gasteiger partial charge is 0.387 e. The van der Waals surface area contributed by atoms with Crippen molar-refractivity contribution in [3.05, 3.63) is 48.3 Å². The van der Waals surface area contributed by atoms with Gasteiger partial charge in [0, 0.05) is 11.9 Å². The van der Waals surface area contributed by atoms with Crippen LogP contribution in [0, 0.1) is 0 Å². The molecular weight excluding hydrogens is 288 g/mol. The Labute approximate surface area is 125 Å². The fourth-order valence-corrected chi connectivity index (χ4v) is 2.92. The van der Waals surface area contributed by atoms with Gasteiger partial charge in [0.05, 0.1) is 23.2 Å². The van der Waals surface area contributed by atoms with Crippen molar-refractivity contribution in [3.63, 3.8) is 0 Å². The first-order chi connectivity index (χ1) is 10.0. The van der Waals surface area contributed by atoms with E-state index < -0.39 is 15.9 Å². The Balaban J connectivity index is 1.95. The van der Waals surface area contributed by atoms with E-state index in [9.17, 15) is 13.5 Å². The van der Waals surface area contributed by atoms with E-state index in [2.05, 4.69) is 5.10 Å². The summed E-state index contributed by atoms with van der Waals surface area (Å²) >= 11 is 0. The topological polar surface area (TPSA) is 72.2 Å². The molecule has 1 unspecified atom stereocenters. The molecule has 5 nitrogen and oxygen atoms in total. The second kappa shape index (κ2) is 6.87. The predicted molar refractivity (Wildman–Crippen MR) is 82.1 cm³/mol. The maximum absolute atomic E-state index is 11.4. The number of nitrogens with zero attached hydrogens (tertiary/aromatic N) is 2. The number of para-hydroxylation sites is 1. The molecule has 1 aromatic carbocycles. The summed E-state index contributed by atoms with van der Waals surface area (Å²) in [6.45, 7) is 1.63. The van der Waals surface area contributed by atoms with Crippen LogP contribution in [0.5, 0.6) is 0 Å². The van der Waals surface area contributed by atoms with Crippen LogP contribution in [0.1, 0.15) is 31.6 Å². The summed E-state index contributed by atoms with van der Waals surface area (Å²) in [7, 11) is -2.97. The van der Waals surface area contributed by atoms with Crippen molar-refractivity contribution in [2.45, 2.75) is 25.9 Å². The van der Waals surface area contributed by atoms with Crippen molar-refractivity contribution in [1.82, 2.24) is 9.78 Å². The molecule has 0 radical (unpaired) electrons. The van der Waals surface area contributed by atoms with Gasteiger partial charge in [0.2, 0.25) is 0 Å². The molecule has 1 heterocycles. The molecule has 0 aliphatic carbocycles. The van der Waals surface area contributed by atoms with Crippen molar-refractivity contribution in [1.29, 1.82) is 0 Å². The molecule has 0 saturated heterocycles. The minimum Gasteiger partial charge on any atom is -0.387 e. The third kappa shape index (κ3) is 4.41. The van der Waals surface area contributed by atoms with Crippen LogP contribution in [0.2, 0.25) is 0 Å². The highest BCUT2D eigenvalue weighted by Gasteiger charge is 2.14. The van der Waals surface area contributed by atoms with E-state index in [0.717, 1.165) is 5.69 Å². The molecule has 1 aromatic heterocycles. The lowest BCUT2D eigenvalue weighted by Crippen LogP contribution is -2.10. The third-order valence-electron chi connectivity index (χ3n) is 3.34. The second-order valence-electron chi connectivity index (χ2n) is 4.92. The molecule has 114 valence electrons. The van der Waals surface area contributed by atoms with Crippen LogP contribution >= 0.6 is 0 Å². The van der Waals surface area contributed by atoms with Gasteiger partial charge in [-0.3, -0.25) is 0 Å². The Morgan fingerprint density at radius 1 is 1.24 bits per heavy atom. The van der Waals surface area contributed by atoms with Crippen molar-refractivity contribution in [2.75, 3.05) is 11.5 Å². The number of hydrogen-bond donors (Lipinski definition) is 1. The zero-order chi connectivity index (χ0) is 15.3. The minimum atomic E-state index is -2.97. The van der Waals surface area contributed by atoms with Crippen molar-refractivity contribution in [3.8, 4) is 5.69 Å². The lowest BCUT2D eigenvalue weighted by atomic mass is 10.1. The molecule has 1 atom stereocenters. The molecule has 0 aliphatic rings. The lowest BCUT2D eigenvalue weighted by Gasteiger charge is -2.07. The van der Waals surface area contributed by atoms with Crippen LogP contribution in [-0.4, -0.2) is 34.8 Å². The molecule has 2 rings (SSSR count). The van der Waals surface area contributed by atoms with Crippen LogP contribution in [-0.2, 0) is 9.84 Å². The van der Waals surface area contributed by atoms with Crippen LogP contribution in [0.25, 0.3) is 5.69 Å². The smallest absolute Gasteiger partial charge is 0.150 e. The first kappa shape index (κ1) is 15.7. The molecule has 6 heteroatoms. The Bertz CT molecular complexity index is 665. The Morgan fingerprint density at radius 2 is 1.95 bits per heavy atom. The molecule has 0 amide bonds. The summed E-state index contributed by atoms with van der Waals surface area (Å²) < 4.78 is 24.5. The second-order valence-corrected chi connectivity index (χ2v) is 7.39. The predicted octanol–water partition coefficient (Wildman–Crippen LogP) is 2.12. The molecule has 0 bridgehead atoms. The van der Waals surface area contributed by atoms with Crippen molar-refractivity contribution >= 4 is 9.84 Å². The van der Waals surface area contributed by atoms with E-state index in [0.29, 0.717) is 18.5 Å². The van der Waals surface area contributed by atoms with Crippen molar-refractivity contribution in [2.24, 2.45) is 0 Å². The number of benzene rings is 1. The SMILES string of the molecule is CCS(=O)(=O)CCCC(O)c1ccn(-c2ccccc2)n1. The number of aliphatic hydroxyl groups excluding tert-OH is 1. The molecule has 1 N–H and O–H groups in total. The summed E-state index contributed by atoms with van der Waals surface area (Å²) in [5, 5.41) is 14.4. The van der Waals surface area contributed by atoms with E-state index in [1.165, 1.54) is 0 Å². The number of aromatic nitrogens is 2. The van der Waals surface area contributed by atoms with Gasteiger partial charge in [-0.1, -0.05) is 25.1 Å². The molecule has 0 aliphatic heterocycles. The first-order valence-corrected chi connectivity index (χ1v) is 8.83. The average molecular weight is 308 g/mol. The Hall–Kier alpha value is -1.66. The summed E-state index contributed by atoms with van der Waals surface area (Å²) in [5.41, 5.74) is 1.48. The lowest BCUT2D eigenvalue weighted by molar-refractivity contribution is 0.161. The average Bonchev–Trinajstić information content (AvgIpc) is 2.98. The molecule has 0 saturated carbocycles. The highest BCUT2D eigenvalue weighted by Crippen LogP contribution is 2.18. The molecule has 0 spiro atoms. The first-order valence-electron chi connectivity index (χ1n) is 7.01. The van der Waals surface area contributed by atoms with Crippen LogP contribution in [0.4, 0.5) is 0 Å². The number of sulfone groups is 1. The maximum atomic E-state index is 11.4. The third-order valence-corrected chi connectivity index (χ3v) is 5.13. The Kier molecular flexibility index (Phi) is 5.14. The molecular formula is C15H20N2O3S. The van der Waals surface area contributed by atoms with Gasteiger partial charge in [-0.05, 0) is 31.0 Å². The van der Waals surface area contributed by atoms with Crippen molar-refractivity contribution < 1.29 is 13.5 Å². The fraction of sp³-hybridized carbons (Fsp3) is 0.400. The van der Waals surface area contributed by atoms with Gasteiger partial charge in [0.25, 0.3) is 0 Å². The standard InChI is InChI=1S/C15H20N2O3S/c1-2-21(19,20)12-6-9-15(18)14-10-11-17(16-14)13-7-4-3-5-8-13/h3-5,7-8,10-11,15,18H,2,6,9,12H2,1H3. The van der Waals surface area contributed by atoms with Gasteiger partial charge in [-0.25, -0.2) is 13.1 Å². The van der Waals surface area contributed by atoms with Gasteiger partial charge in [-0.15, -0.1) is 0 Å². The summed E-state index contributed by atoms with van der Waals surface area (Å²) in [6.07, 6.45) is 1.89. The van der Waals surface area contributed by atoms with E-state index in [4.69, 9.17) is 0 Å². The van der Waals surface area contributed by atoms with Gasteiger partial charge >= 0.3 is 0 Å². The zero-order valence-corrected chi connectivity index (χ0v) is 12.8. The number of aliphatic hydroxyl groups is 1. The van der Waals surface area contributed by atoms with E-state index >= 15 is 0 Å². The minimum absolute atomic E-state index is 0.111. The highest BCUT2D eigenvalue weighted by molar-refractivity contribution is 7.91. The zero-order valence-electron chi connectivity index (χ0n) is 12.0. The number of hydrogen-bond acceptors (Lipinski definition) is 4. The maximum Gasteiger partial charge on any atom is 0.150 e. The van der Waals surface area contributed by atoms with E-state index in [1.54, 1.807) is 23.9 Å². The van der Waals surface area contributed by atoms with Gasteiger partial charge < -0.3 is 5.11 Å². The van der Waals surface area contributed by atoms with Crippen LogP contribution in [0.3, 0.4) is 0 Å². The molecule has 2 aromatic rings. The van der Waals surface area contributed by atoms with E-state index in [-0.39, 0.29) is 11.5 Å². The highest BCUT2D eigenvalue weighted by atomic mass is 32.2. The molecule has 21 heavy (non-hydrogen) atoms. The fourth-order valence-electron chi connectivity index (χ4n) is 2.03. The van der Waals surface area contributed by atoms with E-state index in [1.807, 2.05) is 30.3 Å².